The Hall–Kier alpha value is -3.29. The minimum atomic E-state index is -4.99. The molecule has 2 saturated heterocycles. The summed E-state index contributed by atoms with van der Waals surface area (Å²) in [6, 6.07) is -0.861. The summed E-state index contributed by atoms with van der Waals surface area (Å²) in [6.07, 6.45) is -4.05. The van der Waals surface area contributed by atoms with E-state index in [9.17, 15) is 35.9 Å². The van der Waals surface area contributed by atoms with E-state index < -0.39 is 41.2 Å². The van der Waals surface area contributed by atoms with Crippen LogP contribution in [0.1, 0.15) is 62.5 Å². The van der Waals surface area contributed by atoms with Crippen molar-refractivity contribution in [1.82, 2.24) is 24.5 Å². The van der Waals surface area contributed by atoms with E-state index in [1.165, 1.54) is 17.9 Å². The van der Waals surface area contributed by atoms with Gasteiger partial charge in [0.15, 0.2) is 5.69 Å². The van der Waals surface area contributed by atoms with Crippen LogP contribution >= 0.6 is 0 Å². The monoisotopic (exact) mass is 605 g/mol. The maximum absolute atomic E-state index is 14.1. The van der Waals surface area contributed by atoms with Crippen LogP contribution in [-0.2, 0) is 6.18 Å². The van der Waals surface area contributed by atoms with Gasteiger partial charge in [0, 0.05) is 51.2 Å². The highest BCUT2D eigenvalue weighted by molar-refractivity contribution is 5.88. The number of likely N-dealkylation sites (N-methyl/N-ethyl adjacent to an activating group) is 1. The van der Waals surface area contributed by atoms with Gasteiger partial charge in [-0.3, -0.25) is 4.90 Å². The predicted octanol–water partition coefficient (Wildman–Crippen LogP) is 6.04. The number of piperidine rings is 1. The molecule has 2 fully saturated rings. The van der Waals surface area contributed by atoms with E-state index in [1.807, 2.05) is 23.6 Å². The van der Waals surface area contributed by atoms with E-state index in [4.69, 9.17) is 5.11 Å². The lowest BCUT2D eigenvalue weighted by Gasteiger charge is -2.39. The van der Waals surface area contributed by atoms with Crippen LogP contribution in [0.5, 0.6) is 0 Å². The van der Waals surface area contributed by atoms with Crippen molar-refractivity contribution in [3.63, 3.8) is 0 Å². The number of carboxylic acid groups (broad SMARTS) is 1. The number of hydrogen-bond donors (Lipinski definition) is 1. The molecule has 1 aromatic rings. The van der Waals surface area contributed by atoms with Gasteiger partial charge in [-0.2, -0.15) is 36.1 Å². The molecule has 0 radical (unpaired) electrons. The van der Waals surface area contributed by atoms with Crippen LogP contribution in [0, 0.1) is 5.41 Å². The second-order valence-electron chi connectivity index (χ2n) is 10.9. The van der Waals surface area contributed by atoms with E-state index >= 15 is 0 Å². The van der Waals surface area contributed by atoms with Gasteiger partial charge >= 0.3 is 24.4 Å². The summed E-state index contributed by atoms with van der Waals surface area (Å²) in [4.78, 5) is 29.2. The van der Waals surface area contributed by atoms with E-state index in [0.29, 0.717) is 62.0 Å². The number of carbonyl (C=O) groups is 2. The van der Waals surface area contributed by atoms with Crippen molar-refractivity contribution >= 4 is 12.0 Å². The molecule has 1 N–H and O–H groups in total. The van der Waals surface area contributed by atoms with Gasteiger partial charge < -0.3 is 14.9 Å². The van der Waals surface area contributed by atoms with Gasteiger partial charge in [0.1, 0.15) is 5.56 Å². The number of aromatic carboxylic acids is 1. The van der Waals surface area contributed by atoms with E-state index in [0.717, 1.165) is 12.5 Å². The van der Waals surface area contributed by atoms with Crippen molar-refractivity contribution in [2.24, 2.45) is 5.41 Å². The summed E-state index contributed by atoms with van der Waals surface area (Å²) in [7, 11) is 0. The summed E-state index contributed by atoms with van der Waals surface area (Å²) in [5.74, 6) is -1.89. The summed E-state index contributed by atoms with van der Waals surface area (Å²) in [6.45, 7) is 11.8. The topological polar surface area (TPSA) is 81.9 Å². The Morgan fingerprint density at radius 2 is 1.74 bits per heavy atom. The third-order valence-electron chi connectivity index (χ3n) is 8.00. The molecule has 0 unspecified atom stereocenters. The lowest BCUT2D eigenvalue weighted by Crippen LogP contribution is -2.46. The van der Waals surface area contributed by atoms with Crippen molar-refractivity contribution in [3.8, 4) is 0 Å². The van der Waals surface area contributed by atoms with Crippen molar-refractivity contribution in [2.75, 3.05) is 45.8 Å². The maximum Gasteiger partial charge on any atom is 0.420 e. The van der Waals surface area contributed by atoms with Gasteiger partial charge in [-0.05, 0) is 69.2 Å². The smallest absolute Gasteiger partial charge is 0.420 e. The fraction of sp³-hybridized carbons (Fsp3) is 0.607. The van der Waals surface area contributed by atoms with Crippen molar-refractivity contribution in [2.45, 2.75) is 58.8 Å². The van der Waals surface area contributed by atoms with Crippen LogP contribution < -0.4 is 0 Å². The Morgan fingerprint density at radius 3 is 2.21 bits per heavy atom. The average molecular weight is 606 g/mol. The summed E-state index contributed by atoms with van der Waals surface area (Å²) < 4.78 is 82.4. The molecule has 0 bridgehead atoms. The molecule has 14 heteroatoms. The van der Waals surface area contributed by atoms with E-state index in [-0.39, 0.29) is 30.6 Å². The zero-order chi connectivity index (χ0) is 31.5. The van der Waals surface area contributed by atoms with Crippen LogP contribution in [0.2, 0.25) is 0 Å². The molecular formula is C28H37F6N5O3. The highest BCUT2D eigenvalue weighted by Gasteiger charge is 2.43. The fourth-order valence-electron chi connectivity index (χ4n) is 5.76. The number of carbonyl (C=O) groups excluding carboxylic acids is 1. The van der Waals surface area contributed by atoms with Gasteiger partial charge in [-0.15, -0.1) is 0 Å². The second kappa shape index (κ2) is 12.9. The highest BCUT2D eigenvalue weighted by atomic mass is 19.4. The molecule has 0 saturated carbocycles. The minimum Gasteiger partial charge on any atom is -0.476 e. The number of aromatic nitrogens is 2. The molecule has 2 aliphatic heterocycles. The number of rotatable bonds is 9. The molecule has 0 aliphatic carbocycles. The minimum absolute atomic E-state index is 0.117. The molecule has 0 aromatic carbocycles. The lowest BCUT2D eigenvalue weighted by molar-refractivity contribution is -0.138. The molecule has 3 rings (SSSR count). The Kier molecular flexibility index (Phi) is 10.2. The van der Waals surface area contributed by atoms with E-state index in [1.54, 1.807) is 0 Å². The van der Waals surface area contributed by atoms with Crippen molar-refractivity contribution < 1.29 is 41.0 Å². The predicted molar refractivity (Wildman–Crippen MR) is 144 cm³/mol. The van der Waals surface area contributed by atoms with Gasteiger partial charge in [-0.25, -0.2) is 9.59 Å². The van der Waals surface area contributed by atoms with Crippen LogP contribution in [0.4, 0.5) is 31.1 Å². The average Bonchev–Trinajstić information content (AvgIpc) is 3.53. The molecule has 2 aliphatic rings. The Bertz CT molecular complexity index is 1230. The summed E-state index contributed by atoms with van der Waals surface area (Å²) in [5.41, 5.74) is -3.10. The van der Waals surface area contributed by atoms with Crippen LogP contribution in [0.15, 0.2) is 41.8 Å². The molecule has 234 valence electrons. The molecule has 0 atom stereocenters. The highest BCUT2D eigenvalue weighted by Crippen LogP contribution is 2.41. The number of hydrogen-bond acceptors (Lipinski definition) is 5. The third-order valence-corrected chi connectivity index (χ3v) is 8.00. The second-order valence-corrected chi connectivity index (χ2v) is 10.9. The number of halogens is 6. The number of carboxylic acids is 1. The fourth-order valence-corrected chi connectivity index (χ4v) is 5.76. The molecule has 1 spiro atoms. The first-order chi connectivity index (χ1) is 19.5. The van der Waals surface area contributed by atoms with Crippen molar-refractivity contribution in [1.29, 1.82) is 0 Å². The zero-order valence-corrected chi connectivity index (χ0v) is 24.0. The summed E-state index contributed by atoms with van der Waals surface area (Å²) in [5, 5.41) is 12.4. The third kappa shape index (κ3) is 7.56. The van der Waals surface area contributed by atoms with Gasteiger partial charge in [0.05, 0.1) is 5.57 Å². The number of likely N-dealkylation sites (tertiary alicyclic amines) is 2. The quantitative estimate of drug-likeness (QED) is 0.273. The van der Waals surface area contributed by atoms with Crippen LogP contribution in [-0.4, -0.2) is 93.6 Å². The first-order valence-electron chi connectivity index (χ1n) is 13.8. The number of nitrogens with zero attached hydrogens (tertiary/aromatic N) is 5. The number of amides is 1. The van der Waals surface area contributed by atoms with E-state index in [2.05, 4.69) is 11.7 Å². The van der Waals surface area contributed by atoms with Gasteiger partial charge in [0.25, 0.3) is 0 Å². The Labute approximate surface area is 240 Å². The SMILES string of the molecule is C=C/C(=C\C(=C(/C)CN1CCC2(CCN(C(=O)n3cc(C(F)(F)F)c(C(=O)O)n3)CC2)C1)C(F)(F)F)N(CC)CCC. The molecule has 42 heavy (non-hydrogen) atoms. The molecule has 1 amide bonds. The van der Waals surface area contributed by atoms with Crippen LogP contribution in [0.3, 0.4) is 0 Å². The van der Waals surface area contributed by atoms with Gasteiger partial charge in [-0.1, -0.05) is 13.5 Å². The number of allylic oxidation sites excluding steroid dienone is 3. The maximum atomic E-state index is 14.1. The first-order valence-corrected chi connectivity index (χ1v) is 13.8. The molecule has 3 heterocycles. The van der Waals surface area contributed by atoms with Gasteiger partial charge in [0.2, 0.25) is 0 Å². The summed E-state index contributed by atoms with van der Waals surface area (Å²) >= 11 is 0. The number of alkyl halides is 6. The first kappa shape index (κ1) is 33.2. The zero-order valence-electron chi connectivity index (χ0n) is 24.0. The largest absolute Gasteiger partial charge is 0.476 e. The Morgan fingerprint density at radius 1 is 1.12 bits per heavy atom. The normalized spacial score (nSPS) is 18.8. The Balaban J connectivity index is 1.70. The standard InChI is InChI=1S/C28H37F6N5O3/c1-5-11-37(7-3)20(6-2)15-21(27(29,30)31)19(4)16-36-12-8-26(18-36)9-13-38(14-10-26)25(42)39-17-22(28(32,33)34)23(35-39)24(40)41/h6,15,17H,2,5,7-14,16,18H2,1,3-4H3,(H,40,41)/b20-15+,21-19-. The molecular weight excluding hydrogens is 568 g/mol. The lowest BCUT2D eigenvalue weighted by atomic mass is 9.78. The van der Waals surface area contributed by atoms with Crippen LogP contribution in [0.25, 0.3) is 0 Å². The molecule has 8 nitrogen and oxygen atoms in total. The molecule has 1 aromatic heterocycles. The van der Waals surface area contributed by atoms with Crippen molar-refractivity contribution in [3.05, 3.63) is 53.0 Å².